The summed E-state index contributed by atoms with van der Waals surface area (Å²) in [6.45, 7) is 9.04. The third kappa shape index (κ3) is 6.67. The number of ether oxygens (including phenoxy) is 2. The van der Waals surface area contributed by atoms with E-state index < -0.39 is 5.60 Å². The van der Waals surface area contributed by atoms with E-state index in [9.17, 15) is 9.59 Å². The smallest absolute Gasteiger partial charge is 0.407 e. The molecule has 1 saturated heterocycles. The fourth-order valence-electron chi connectivity index (χ4n) is 3.13. The molecule has 1 aliphatic rings. The molecule has 26 heavy (non-hydrogen) atoms. The van der Waals surface area contributed by atoms with Crippen molar-refractivity contribution in [1.82, 2.24) is 10.2 Å². The van der Waals surface area contributed by atoms with Crippen LogP contribution in [0.3, 0.4) is 0 Å². The fraction of sp³-hybridized carbons (Fsp3) is 0.600. The van der Waals surface area contributed by atoms with Crippen LogP contribution in [-0.2, 0) is 16.0 Å². The number of alkyl carbamates (subject to hydrolysis) is 1. The van der Waals surface area contributed by atoms with Crippen LogP contribution < -0.4 is 5.32 Å². The number of methoxy groups -OCH3 is 1. The van der Waals surface area contributed by atoms with Crippen molar-refractivity contribution in [3.8, 4) is 0 Å². The van der Waals surface area contributed by atoms with Crippen molar-refractivity contribution in [1.29, 1.82) is 0 Å². The van der Waals surface area contributed by atoms with Crippen LogP contribution in [0.1, 0.15) is 49.5 Å². The SMILES string of the molecule is COC(=O)c1ccc(CN2CCCC(CNC(=O)OC(C)(C)C)C2)cc1. The third-order valence-corrected chi connectivity index (χ3v) is 4.32. The number of piperidine rings is 1. The Bertz CT molecular complexity index is 607. The number of hydrogen-bond acceptors (Lipinski definition) is 5. The highest BCUT2D eigenvalue weighted by atomic mass is 16.6. The first-order chi connectivity index (χ1) is 12.3. The molecule has 2 rings (SSSR count). The summed E-state index contributed by atoms with van der Waals surface area (Å²) < 4.78 is 10.0. The summed E-state index contributed by atoms with van der Waals surface area (Å²) in [6.07, 6.45) is 1.86. The topological polar surface area (TPSA) is 67.9 Å². The van der Waals surface area contributed by atoms with Gasteiger partial charge in [0.05, 0.1) is 12.7 Å². The van der Waals surface area contributed by atoms with E-state index in [1.165, 1.54) is 12.7 Å². The zero-order valence-corrected chi connectivity index (χ0v) is 16.2. The van der Waals surface area contributed by atoms with Crippen LogP contribution in [0.4, 0.5) is 4.79 Å². The normalized spacial score (nSPS) is 18.2. The minimum atomic E-state index is -0.473. The molecule has 1 aromatic rings. The quantitative estimate of drug-likeness (QED) is 0.815. The van der Waals surface area contributed by atoms with Gasteiger partial charge in [-0.3, -0.25) is 4.90 Å². The molecule has 0 aliphatic carbocycles. The Labute approximate surface area is 155 Å². The van der Waals surface area contributed by atoms with Crippen LogP contribution in [0.2, 0.25) is 0 Å². The summed E-state index contributed by atoms with van der Waals surface area (Å²) in [4.78, 5) is 25.7. The second-order valence-electron chi connectivity index (χ2n) is 7.81. The molecule has 1 atom stereocenters. The summed E-state index contributed by atoms with van der Waals surface area (Å²) in [7, 11) is 1.38. The van der Waals surface area contributed by atoms with E-state index in [0.29, 0.717) is 18.0 Å². The maximum Gasteiger partial charge on any atom is 0.407 e. The molecule has 0 radical (unpaired) electrons. The predicted octanol–water partition coefficient (Wildman–Crippen LogP) is 3.21. The van der Waals surface area contributed by atoms with Crippen molar-refractivity contribution in [2.75, 3.05) is 26.7 Å². The molecular weight excluding hydrogens is 332 g/mol. The fourth-order valence-corrected chi connectivity index (χ4v) is 3.13. The molecule has 1 N–H and O–H groups in total. The Morgan fingerprint density at radius 1 is 1.23 bits per heavy atom. The van der Waals surface area contributed by atoms with Crippen molar-refractivity contribution < 1.29 is 19.1 Å². The molecule has 1 amide bonds. The molecule has 1 aromatic carbocycles. The molecule has 1 aliphatic heterocycles. The summed E-state index contributed by atoms with van der Waals surface area (Å²) in [6, 6.07) is 7.53. The van der Waals surface area contributed by atoms with Crippen LogP contribution in [0.5, 0.6) is 0 Å². The first kappa shape index (κ1) is 20.2. The van der Waals surface area contributed by atoms with Gasteiger partial charge in [0.25, 0.3) is 0 Å². The Kier molecular flexibility index (Phi) is 7.03. The first-order valence-electron chi connectivity index (χ1n) is 9.13. The molecule has 0 bridgehead atoms. The second kappa shape index (κ2) is 9.03. The van der Waals surface area contributed by atoms with Crippen LogP contribution in [0, 0.1) is 5.92 Å². The number of carbonyl (C=O) groups excluding carboxylic acids is 2. The molecule has 0 aromatic heterocycles. The van der Waals surface area contributed by atoms with Crippen molar-refractivity contribution >= 4 is 12.1 Å². The zero-order chi connectivity index (χ0) is 19.2. The number of nitrogens with zero attached hydrogens (tertiary/aromatic N) is 1. The molecule has 144 valence electrons. The van der Waals surface area contributed by atoms with Crippen LogP contribution >= 0.6 is 0 Å². The van der Waals surface area contributed by atoms with Gasteiger partial charge in [-0.15, -0.1) is 0 Å². The van der Waals surface area contributed by atoms with Crippen LogP contribution in [0.25, 0.3) is 0 Å². The maximum absolute atomic E-state index is 11.8. The van der Waals surface area contributed by atoms with Crippen molar-refractivity contribution in [2.24, 2.45) is 5.92 Å². The molecule has 0 spiro atoms. The molecule has 6 heteroatoms. The first-order valence-corrected chi connectivity index (χ1v) is 9.13. The monoisotopic (exact) mass is 362 g/mol. The van der Waals surface area contributed by atoms with Gasteiger partial charge in [0.1, 0.15) is 5.60 Å². The van der Waals surface area contributed by atoms with Crippen LogP contribution in [-0.4, -0.2) is 49.3 Å². The van der Waals surface area contributed by atoms with E-state index in [0.717, 1.165) is 32.5 Å². The second-order valence-corrected chi connectivity index (χ2v) is 7.81. The highest BCUT2D eigenvalue weighted by molar-refractivity contribution is 5.89. The molecule has 0 saturated carbocycles. The molecular formula is C20H30N2O4. The lowest BCUT2D eigenvalue weighted by molar-refractivity contribution is 0.0505. The minimum Gasteiger partial charge on any atom is -0.465 e. The maximum atomic E-state index is 11.8. The standard InChI is InChI=1S/C20H30N2O4/c1-20(2,3)26-19(24)21-12-16-6-5-11-22(14-16)13-15-7-9-17(10-8-15)18(23)25-4/h7-10,16H,5-6,11-14H2,1-4H3,(H,21,24). The number of esters is 1. The Morgan fingerprint density at radius 3 is 2.54 bits per heavy atom. The Balaban J connectivity index is 1.80. The molecule has 6 nitrogen and oxygen atoms in total. The summed E-state index contributed by atoms with van der Waals surface area (Å²) in [5, 5.41) is 2.88. The van der Waals surface area contributed by atoms with Gasteiger partial charge in [-0.1, -0.05) is 12.1 Å². The van der Waals surface area contributed by atoms with Crippen molar-refractivity contribution in [3.05, 3.63) is 35.4 Å². The number of hydrogen-bond donors (Lipinski definition) is 1. The van der Waals surface area contributed by atoms with Gasteiger partial charge in [0, 0.05) is 19.6 Å². The van der Waals surface area contributed by atoms with Crippen molar-refractivity contribution in [3.63, 3.8) is 0 Å². The minimum absolute atomic E-state index is 0.317. The average molecular weight is 362 g/mol. The Hall–Kier alpha value is -2.08. The van der Waals surface area contributed by atoms with E-state index in [1.807, 2.05) is 32.9 Å². The highest BCUT2D eigenvalue weighted by Crippen LogP contribution is 2.19. The summed E-state index contributed by atoms with van der Waals surface area (Å²) in [5.74, 6) is 0.105. The summed E-state index contributed by atoms with van der Waals surface area (Å²) >= 11 is 0. The zero-order valence-electron chi connectivity index (χ0n) is 16.2. The highest BCUT2D eigenvalue weighted by Gasteiger charge is 2.22. The molecule has 1 heterocycles. The third-order valence-electron chi connectivity index (χ3n) is 4.32. The van der Waals surface area contributed by atoms with Crippen molar-refractivity contribution in [2.45, 2.75) is 45.8 Å². The van der Waals surface area contributed by atoms with E-state index in [2.05, 4.69) is 10.2 Å². The van der Waals surface area contributed by atoms with Gasteiger partial charge in [-0.25, -0.2) is 9.59 Å². The average Bonchev–Trinajstić information content (AvgIpc) is 2.59. The predicted molar refractivity (Wildman–Crippen MR) is 100 cm³/mol. The lowest BCUT2D eigenvalue weighted by Crippen LogP contribution is -2.41. The van der Waals surface area contributed by atoms with E-state index in [1.54, 1.807) is 12.1 Å². The van der Waals surface area contributed by atoms with Gasteiger partial charge < -0.3 is 14.8 Å². The lowest BCUT2D eigenvalue weighted by atomic mass is 9.97. The summed E-state index contributed by atoms with van der Waals surface area (Å²) in [5.41, 5.74) is 1.26. The largest absolute Gasteiger partial charge is 0.465 e. The van der Waals surface area contributed by atoms with Crippen LogP contribution in [0.15, 0.2) is 24.3 Å². The van der Waals surface area contributed by atoms with Gasteiger partial charge >= 0.3 is 12.1 Å². The Morgan fingerprint density at radius 2 is 1.92 bits per heavy atom. The van der Waals surface area contributed by atoms with E-state index in [-0.39, 0.29) is 12.1 Å². The number of nitrogens with one attached hydrogen (secondary N) is 1. The molecule has 1 unspecified atom stereocenters. The number of likely N-dealkylation sites (tertiary alicyclic amines) is 1. The van der Waals surface area contributed by atoms with Gasteiger partial charge in [-0.05, 0) is 63.8 Å². The van der Waals surface area contributed by atoms with Gasteiger partial charge in [0.2, 0.25) is 0 Å². The number of benzene rings is 1. The lowest BCUT2D eigenvalue weighted by Gasteiger charge is -2.33. The van der Waals surface area contributed by atoms with E-state index >= 15 is 0 Å². The number of carbonyl (C=O) groups is 2. The number of rotatable bonds is 5. The van der Waals surface area contributed by atoms with Gasteiger partial charge in [0.15, 0.2) is 0 Å². The molecule has 1 fully saturated rings. The van der Waals surface area contributed by atoms with Gasteiger partial charge in [-0.2, -0.15) is 0 Å². The van der Waals surface area contributed by atoms with E-state index in [4.69, 9.17) is 9.47 Å². The number of amides is 1.